The van der Waals surface area contributed by atoms with E-state index in [1.807, 2.05) is 6.92 Å². The largest absolute Gasteiger partial charge is 0.446 e. The minimum absolute atomic E-state index is 0.107. The van der Waals surface area contributed by atoms with E-state index < -0.39 is 5.51 Å². The second-order valence-corrected chi connectivity index (χ2v) is 5.33. The summed E-state index contributed by atoms with van der Waals surface area (Å²) in [5.74, 6) is 0. The molecule has 6 heteroatoms. The van der Waals surface area contributed by atoms with Crippen LogP contribution in [0.5, 0.6) is 0 Å². The third kappa shape index (κ3) is 6.84. The first-order chi connectivity index (χ1) is 8.94. The van der Waals surface area contributed by atoms with Crippen molar-refractivity contribution >= 4 is 11.8 Å². The van der Waals surface area contributed by atoms with Crippen molar-refractivity contribution in [2.75, 3.05) is 6.61 Å². The summed E-state index contributed by atoms with van der Waals surface area (Å²) < 4.78 is 36.5. The fourth-order valence-electron chi connectivity index (χ4n) is 1.68. The molecule has 1 atom stereocenters. The molecule has 2 N–H and O–H groups in total. The number of aliphatic hydroxyl groups excluding tert-OH is 1. The lowest BCUT2D eigenvalue weighted by Crippen LogP contribution is -2.28. The molecule has 0 amide bonds. The van der Waals surface area contributed by atoms with E-state index in [1.165, 1.54) is 12.1 Å². The first-order valence-corrected chi connectivity index (χ1v) is 6.95. The lowest BCUT2D eigenvalue weighted by Gasteiger charge is -2.15. The highest BCUT2D eigenvalue weighted by Crippen LogP contribution is 2.36. The van der Waals surface area contributed by atoms with Crippen molar-refractivity contribution in [3.63, 3.8) is 0 Å². The van der Waals surface area contributed by atoms with Gasteiger partial charge in [-0.25, -0.2) is 0 Å². The summed E-state index contributed by atoms with van der Waals surface area (Å²) in [5.41, 5.74) is -3.31. The Hall–Kier alpha value is -0.720. The minimum atomic E-state index is -4.24. The van der Waals surface area contributed by atoms with Crippen LogP contribution in [0.3, 0.4) is 0 Å². The average Bonchev–Trinajstić information content (AvgIpc) is 2.34. The zero-order chi connectivity index (χ0) is 14.3. The fraction of sp³-hybridized carbons (Fsp3) is 0.538. The fourth-order valence-corrected chi connectivity index (χ4v) is 2.22. The summed E-state index contributed by atoms with van der Waals surface area (Å²) in [6.45, 7) is 2.75. The molecule has 2 nitrogen and oxygen atoms in total. The lowest BCUT2D eigenvalue weighted by molar-refractivity contribution is -0.0328. The highest BCUT2D eigenvalue weighted by atomic mass is 32.2. The maximum Gasteiger partial charge on any atom is 0.446 e. The number of aliphatic hydroxyl groups is 1. The normalized spacial score (nSPS) is 13.5. The number of rotatable bonds is 7. The van der Waals surface area contributed by atoms with E-state index in [2.05, 4.69) is 5.32 Å². The van der Waals surface area contributed by atoms with Crippen LogP contribution < -0.4 is 5.32 Å². The Morgan fingerprint density at radius 2 is 1.89 bits per heavy atom. The van der Waals surface area contributed by atoms with Crippen LogP contribution >= 0.6 is 11.8 Å². The van der Waals surface area contributed by atoms with E-state index >= 15 is 0 Å². The number of benzene rings is 1. The average molecular weight is 293 g/mol. The Morgan fingerprint density at radius 3 is 2.37 bits per heavy atom. The van der Waals surface area contributed by atoms with Gasteiger partial charge in [0.25, 0.3) is 0 Å². The van der Waals surface area contributed by atoms with Gasteiger partial charge in [0.2, 0.25) is 0 Å². The van der Waals surface area contributed by atoms with Gasteiger partial charge in [0, 0.05) is 24.1 Å². The van der Waals surface area contributed by atoms with Crippen molar-refractivity contribution < 1.29 is 18.3 Å². The van der Waals surface area contributed by atoms with Gasteiger partial charge in [0.15, 0.2) is 0 Å². The zero-order valence-corrected chi connectivity index (χ0v) is 11.5. The molecule has 0 saturated carbocycles. The van der Waals surface area contributed by atoms with Crippen molar-refractivity contribution in [1.82, 2.24) is 5.32 Å². The maximum absolute atomic E-state index is 12.2. The molecule has 0 fully saturated rings. The minimum Gasteiger partial charge on any atom is -0.396 e. The molecule has 0 heterocycles. The molecule has 0 spiro atoms. The molecule has 0 aliphatic carbocycles. The topological polar surface area (TPSA) is 32.3 Å². The SMILES string of the molecule is CCC(CCO)NCc1ccc(SC(F)(F)F)cc1. The van der Waals surface area contributed by atoms with Crippen molar-refractivity contribution in [2.45, 2.75) is 42.8 Å². The van der Waals surface area contributed by atoms with E-state index in [1.54, 1.807) is 12.1 Å². The van der Waals surface area contributed by atoms with Crippen LogP contribution in [0.1, 0.15) is 25.3 Å². The van der Waals surface area contributed by atoms with Gasteiger partial charge < -0.3 is 10.4 Å². The number of thioether (sulfide) groups is 1. The molecule has 0 radical (unpaired) electrons. The number of hydrogen-bond donors (Lipinski definition) is 2. The molecule has 0 aliphatic heterocycles. The van der Waals surface area contributed by atoms with Crippen molar-refractivity contribution in [1.29, 1.82) is 0 Å². The molecule has 1 unspecified atom stereocenters. The van der Waals surface area contributed by atoms with Crippen LogP contribution in [-0.4, -0.2) is 23.3 Å². The summed E-state index contributed by atoms with van der Waals surface area (Å²) in [6.07, 6.45) is 1.58. The number of halogens is 3. The predicted octanol–water partition coefficient (Wildman–Crippen LogP) is 3.55. The molecule has 0 aliphatic rings. The van der Waals surface area contributed by atoms with Crippen LogP contribution in [-0.2, 0) is 6.54 Å². The summed E-state index contributed by atoms with van der Waals surface area (Å²) in [5, 5.41) is 12.1. The Bertz CT molecular complexity index is 367. The summed E-state index contributed by atoms with van der Waals surface area (Å²) in [7, 11) is 0. The molecule has 0 aromatic heterocycles. The quantitative estimate of drug-likeness (QED) is 0.754. The molecular formula is C13H18F3NOS. The molecule has 1 aromatic carbocycles. The van der Waals surface area contributed by atoms with Crippen molar-refractivity contribution in [2.24, 2.45) is 0 Å². The van der Waals surface area contributed by atoms with Gasteiger partial charge in [-0.15, -0.1) is 0 Å². The molecule has 0 saturated heterocycles. The monoisotopic (exact) mass is 293 g/mol. The van der Waals surface area contributed by atoms with Crippen LogP contribution in [0, 0.1) is 0 Å². The molecule has 0 bridgehead atoms. The maximum atomic E-state index is 12.2. The number of nitrogens with one attached hydrogen (secondary N) is 1. The molecule has 19 heavy (non-hydrogen) atoms. The third-order valence-corrected chi connectivity index (χ3v) is 3.46. The van der Waals surface area contributed by atoms with Gasteiger partial charge in [0.05, 0.1) is 0 Å². The molecular weight excluding hydrogens is 275 g/mol. The van der Waals surface area contributed by atoms with Crippen LogP contribution in [0.15, 0.2) is 29.2 Å². The summed E-state index contributed by atoms with van der Waals surface area (Å²) in [6, 6.07) is 6.55. The Labute approximate surface area is 115 Å². The standard InChI is InChI=1S/C13H18F3NOS/c1-2-11(7-8-18)17-9-10-3-5-12(6-4-10)19-13(14,15)16/h3-6,11,17-18H,2,7-9H2,1H3. The van der Waals surface area contributed by atoms with Gasteiger partial charge in [-0.05, 0) is 42.3 Å². The second-order valence-electron chi connectivity index (χ2n) is 4.19. The van der Waals surface area contributed by atoms with Crippen molar-refractivity contribution in [3.05, 3.63) is 29.8 Å². The summed E-state index contributed by atoms with van der Waals surface area (Å²) >= 11 is -0.107. The van der Waals surface area contributed by atoms with E-state index in [4.69, 9.17) is 5.11 Å². The van der Waals surface area contributed by atoms with Crippen LogP contribution in [0.4, 0.5) is 13.2 Å². The highest BCUT2D eigenvalue weighted by molar-refractivity contribution is 8.00. The van der Waals surface area contributed by atoms with Crippen LogP contribution in [0.25, 0.3) is 0 Å². The Balaban J connectivity index is 2.48. The predicted molar refractivity (Wildman–Crippen MR) is 71.0 cm³/mol. The van der Waals surface area contributed by atoms with E-state index in [0.717, 1.165) is 12.0 Å². The zero-order valence-electron chi connectivity index (χ0n) is 10.7. The molecule has 1 rings (SSSR count). The van der Waals surface area contributed by atoms with Crippen molar-refractivity contribution in [3.8, 4) is 0 Å². The number of alkyl halides is 3. The van der Waals surface area contributed by atoms with Gasteiger partial charge in [-0.2, -0.15) is 13.2 Å². The second kappa shape index (κ2) is 7.77. The molecule has 108 valence electrons. The Kier molecular flexibility index (Phi) is 6.68. The van der Waals surface area contributed by atoms with Gasteiger partial charge in [-0.3, -0.25) is 0 Å². The van der Waals surface area contributed by atoms with Gasteiger partial charge in [0.1, 0.15) is 0 Å². The van der Waals surface area contributed by atoms with Gasteiger partial charge >= 0.3 is 5.51 Å². The Morgan fingerprint density at radius 1 is 1.26 bits per heavy atom. The molecule has 1 aromatic rings. The van der Waals surface area contributed by atoms with E-state index in [0.29, 0.717) is 13.0 Å². The highest BCUT2D eigenvalue weighted by Gasteiger charge is 2.28. The first kappa shape index (κ1) is 16.3. The lowest BCUT2D eigenvalue weighted by atomic mass is 10.1. The van der Waals surface area contributed by atoms with Gasteiger partial charge in [-0.1, -0.05) is 19.1 Å². The number of hydrogen-bond acceptors (Lipinski definition) is 3. The van der Waals surface area contributed by atoms with E-state index in [-0.39, 0.29) is 29.3 Å². The third-order valence-electron chi connectivity index (χ3n) is 2.72. The smallest absolute Gasteiger partial charge is 0.396 e. The summed E-state index contributed by atoms with van der Waals surface area (Å²) in [4.78, 5) is 0.193. The van der Waals surface area contributed by atoms with Crippen LogP contribution in [0.2, 0.25) is 0 Å². The van der Waals surface area contributed by atoms with E-state index in [9.17, 15) is 13.2 Å². The first-order valence-electron chi connectivity index (χ1n) is 6.13.